The molecular weight excluding hydrogens is 392 g/mol. The molecular formula is C21H24N2O3S2. The van der Waals surface area contributed by atoms with Crippen molar-refractivity contribution in [2.45, 2.75) is 45.3 Å². The van der Waals surface area contributed by atoms with E-state index in [2.05, 4.69) is 6.92 Å². The third kappa shape index (κ3) is 4.15. The van der Waals surface area contributed by atoms with Crippen LogP contribution in [0.1, 0.15) is 40.6 Å². The van der Waals surface area contributed by atoms with Crippen LogP contribution in [0.3, 0.4) is 0 Å². The number of ether oxygens (including phenoxy) is 1. The number of thioether (sulfide) groups is 1. The zero-order chi connectivity index (χ0) is 20.3. The van der Waals surface area contributed by atoms with Gasteiger partial charge in [-0.2, -0.15) is 0 Å². The number of benzene rings is 1. The number of aromatic nitrogens is 2. The molecule has 1 aromatic carbocycles. The van der Waals surface area contributed by atoms with Crippen LogP contribution < -0.4 is 10.3 Å². The lowest BCUT2D eigenvalue weighted by Gasteiger charge is -2.11. The van der Waals surface area contributed by atoms with E-state index in [-0.39, 0.29) is 17.1 Å². The maximum absolute atomic E-state index is 13.1. The summed E-state index contributed by atoms with van der Waals surface area (Å²) in [4.78, 5) is 32.3. The molecule has 0 radical (unpaired) electrons. The maximum Gasteiger partial charge on any atom is 0.263 e. The van der Waals surface area contributed by atoms with Crippen molar-refractivity contribution in [2.24, 2.45) is 0 Å². The first-order chi connectivity index (χ1) is 13.5. The Hall–Kier alpha value is -2.12. The smallest absolute Gasteiger partial charge is 0.263 e. The lowest BCUT2D eigenvalue weighted by atomic mass is 10.1. The van der Waals surface area contributed by atoms with Crippen molar-refractivity contribution >= 4 is 39.1 Å². The average molecular weight is 417 g/mol. The van der Waals surface area contributed by atoms with Gasteiger partial charge in [0.05, 0.1) is 18.2 Å². The van der Waals surface area contributed by atoms with Crippen molar-refractivity contribution in [1.29, 1.82) is 0 Å². The summed E-state index contributed by atoms with van der Waals surface area (Å²) in [5.41, 5.74) is 1.63. The number of hydrogen-bond acceptors (Lipinski definition) is 6. The summed E-state index contributed by atoms with van der Waals surface area (Å²) >= 11 is 2.87. The third-order valence-corrected chi connectivity index (χ3v) is 6.81. The number of fused-ring (bicyclic) bond motifs is 1. The first kappa shape index (κ1) is 20.6. The number of unbranched alkanes of at least 4 members (excludes halogenated alkanes) is 1. The van der Waals surface area contributed by atoms with Gasteiger partial charge >= 0.3 is 0 Å². The Labute approximate surface area is 172 Å². The highest BCUT2D eigenvalue weighted by Gasteiger charge is 2.18. The molecule has 0 N–H and O–H groups in total. The fourth-order valence-corrected chi connectivity index (χ4v) is 4.91. The molecule has 0 amide bonds. The van der Waals surface area contributed by atoms with E-state index in [1.54, 1.807) is 35.9 Å². The van der Waals surface area contributed by atoms with Gasteiger partial charge < -0.3 is 4.74 Å². The molecule has 2 heterocycles. The fourth-order valence-electron chi connectivity index (χ4n) is 2.92. The van der Waals surface area contributed by atoms with Gasteiger partial charge in [-0.3, -0.25) is 14.2 Å². The third-order valence-electron chi connectivity index (χ3n) is 4.73. The summed E-state index contributed by atoms with van der Waals surface area (Å²) in [6, 6.07) is 7.07. The minimum atomic E-state index is -0.000281. The van der Waals surface area contributed by atoms with Crippen LogP contribution in [0.25, 0.3) is 10.2 Å². The van der Waals surface area contributed by atoms with E-state index in [9.17, 15) is 9.59 Å². The zero-order valence-electron chi connectivity index (χ0n) is 16.6. The molecule has 0 unspecified atom stereocenters. The standard InChI is InChI=1S/C21H24N2O3S2/c1-5-6-11-23-20(25)18-13(2)14(3)28-19(18)22-21(23)27-12-17(24)15-7-9-16(26-4)10-8-15/h7-10H,5-6,11-12H2,1-4H3. The van der Waals surface area contributed by atoms with Crippen LogP contribution in [0, 0.1) is 13.8 Å². The molecule has 0 bridgehead atoms. The largest absolute Gasteiger partial charge is 0.497 e. The molecule has 7 heteroatoms. The Morgan fingerprint density at radius 2 is 1.96 bits per heavy atom. The second-order valence-electron chi connectivity index (χ2n) is 6.61. The maximum atomic E-state index is 13.1. The lowest BCUT2D eigenvalue weighted by Crippen LogP contribution is -2.23. The summed E-state index contributed by atoms with van der Waals surface area (Å²) < 4.78 is 6.87. The Balaban J connectivity index is 1.90. The monoisotopic (exact) mass is 416 g/mol. The molecule has 0 spiro atoms. The minimum Gasteiger partial charge on any atom is -0.497 e. The predicted octanol–water partition coefficient (Wildman–Crippen LogP) is 4.86. The van der Waals surface area contributed by atoms with Crippen molar-refractivity contribution in [3.63, 3.8) is 0 Å². The van der Waals surface area contributed by atoms with Crippen molar-refractivity contribution in [3.05, 3.63) is 50.6 Å². The Morgan fingerprint density at radius 3 is 2.61 bits per heavy atom. The highest BCUT2D eigenvalue weighted by atomic mass is 32.2. The quantitative estimate of drug-likeness (QED) is 0.298. The minimum absolute atomic E-state index is 0.000281. The van der Waals surface area contributed by atoms with Gasteiger partial charge in [0, 0.05) is 17.0 Å². The molecule has 0 saturated heterocycles. The average Bonchev–Trinajstić information content (AvgIpc) is 2.99. The van der Waals surface area contributed by atoms with Gasteiger partial charge in [-0.25, -0.2) is 4.98 Å². The van der Waals surface area contributed by atoms with Crippen molar-refractivity contribution in [3.8, 4) is 5.75 Å². The normalized spacial score (nSPS) is 11.1. The molecule has 3 aromatic rings. The number of ketones is 1. The van der Waals surface area contributed by atoms with Gasteiger partial charge in [-0.1, -0.05) is 25.1 Å². The first-order valence-electron chi connectivity index (χ1n) is 9.26. The lowest BCUT2D eigenvalue weighted by molar-refractivity contribution is 0.102. The molecule has 0 atom stereocenters. The number of methoxy groups -OCH3 is 1. The topological polar surface area (TPSA) is 61.2 Å². The Kier molecular flexibility index (Phi) is 6.57. The van der Waals surface area contributed by atoms with Gasteiger partial charge in [0.2, 0.25) is 0 Å². The SMILES string of the molecule is CCCCn1c(SCC(=O)c2ccc(OC)cc2)nc2sc(C)c(C)c2c1=O. The number of aryl methyl sites for hydroxylation is 2. The van der Waals surface area contributed by atoms with Gasteiger partial charge in [0.25, 0.3) is 5.56 Å². The van der Waals surface area contributed by atoms with Crippen LogP contribution in [0.2, 0.25) is 0 Å². The number of carbonyl (C=O) groups is 1. The number of hydrogen-bond donors (Lipinski definition) is 0. The number of carbonyl (C=O) groups excluding carboxylic acids is 1. The van der Waals surface area contributed by atoms with E-state index >= 15 is 0 Å². The van der Waals surface area contributed by atoms with Crippen LogP contribution in [0.4, 0.5) is 0 Å². The highest BCUT2D eigenvalue weighted by molar-refractivity contribution is 7.99. The van der Waals surface area contributed by atoms with Crippen LogP contribution in [0.5, 0.6) is 5.75 Å². The first-order valence-corrected chi connectivity index (χ1v) is 11.1. The molecule has 148 valence electrons. The molecule has 28 heavy (non-hydrogen) atoms. The van der Waals surface area contributed by atoms with Gasteiger partial charge in [0.15, 0.2) is 10.9 Å². The summed E-state index contributed by atoms with van der Waals surface area (Å²) in [6.07, 6.45) is 1.89. The van der Waals surface area contributed by atoms with Gasteiger partial charge in [-0.05, 0) is 50.1 Å². The van der Waals surface area contributed by atoms with E-state index < -0.39 is 0 Å². The number of nitrogens with zero attached hydrogens (tertiary/aromatic N) is 2. The molecule has 3 rings (SSSR count). The molecule has 0 saturated carbocycles. The second kappa shape index (κ2) is 8.92. The Bertz CT molecular complexity index is 1050. The van der Waals surface area contributed by atoms with Crippen LogP contribution >= 0.6 is 23.1 Å². The van der Waals surface area contributed by atoms with Crippen molar-refractivity contribution < 1.29 is 9.53 Å². The summed E-state index contributed by atoms with van der Waals surface area (Å²) in [7, 11) is 1.60. The highest BCUT2D eigenvalue weighted by Crippen LogP contribution is 2.28. The second-order valence-corrected chi connectivity index (χ2v) is 8.75. The van der Waals surface area contributed by atoms with Crippen LogP contribution in [0.15, 0.2) is 34.2 Å². The summed E-state index contributed by atoms with van der Waals surface area (Å²) in [5, 5.41) is 1.33. The van der Waals surface area contributed by atoms with Crippen LogP contribution in [-0.2, 0) is 6.54 Å². The van der Waals surface area contributed by atoms with E-state index in [1.165, 1.54) is 23.1 Å². The van der Waals surface area contributed by atoms with Crippen molar-refractivity contribution in [1.82, 2.24) is 9.55 Å². The molecule has 0 aliphatic rings. The van der Waals surface area contributed by atoms with Crippen molar-refractivity contribution in [2.75, 3.05) is 12.9 Å². The van der Waals surface area contributed by atoms with E-state index in [0.717, 1.165) is 28.1 Å². The molecule has 0 fully saturated rings. The van der Waals surface area contributed by atoms with E-state index in [0.29, 0.717) is 28.4 Å². The predicted molar refractivity (Wildman–Crippen MR) is 116 cm³/mol. The Morgan fingerprint density at radius 1 is 1.25 bits per heavy atom. The van der Waals surface area contributed by atoms with E-state index in [4.69, 9.17) is 9.72 Å². The zero-order valence-corrected chi connectivity index (χ0v) is 18.2. The molecule has 2 aromatic heterocycles. The number of rotatable bonds is 8. The number of Topliss-reactive ketones (excluding diaryl/α,β-unsaturated/α-hetero) is 1. The van der Waals surface area contributed by atoms with Gasteiger partial charge in [0.1, 0.15) is 10.6 Å². The summed E-state index contributed by atoms with van der Waals surface area (Å²) in [6.45, 7) is 6.70. The molecule has 5 nitrogen and oxygen atoms in total. The van der Waals surface area contributed by atoms with Gasteiger partial charge in [-0.15, -0.1) is 11.3 Å². The number of thiophene rings is 1. The van der Waals surface area contributed by atoms with E-state index in [1.807, 2.05) is 13.8 Å². The molecule has 0 aliphatic carbocycles. The fraction of sp³-hybridized carbons (Fsp3) is 0.381. The molecule has 0 aliphatic heterocycles. The van der Waals surface area contributed by atoms with Crippen LogP contribution in [-0.4, -0.2) is 28.2 Å². The summed E-state index contributed by atoms with van der Waals surface area (Å²) in [5.74, 6) is 0.954.